The molecular formula is C6H13BrN4O. The maximum Gasteiger partial charge on any atom is 0.239 e. The van der Waals surface area contributed by atoms with Crippen LogP contribution in [-0.2, 0) is 4.79 Å². The zero-order valence-electron chi connectivity index (χ0n) is 6.83. The number of aliphatic imine (C=N–C) groups is 1. The van der Waals surface area contributed by atoms with E-state index in [1.807, 2.05) is 0 Å². The Labute approximate surface area is 81.6 Å². The van der Waals surface area contributed by atoms with E-state index in [0.717, 1.165) is 13.1 Å². The highest BCUT2D eigenvalue weighted by atomic mass is 79.9. The van der Waals surface area contributed by atoms with Crippen LogP contribution in [0.15, 0.2) is 4.99 Å². The number of rotatable bonds is 2. The third-order valence-electron chi connectivity index (χ3n) is 1.45. The van der Waals surface area contributed by atoms with Crippen LogP contribution in [0, 0.1) is 0 Å². The summed E-state index contributed by atoms with van der Waals surface area (Å²) in [5.74, 6) is 0.290. The third-order valence-corrected chi connectivity index (χ3v) is 1.45. The predicted molar refractivity (Wildman–Crippen MR) is 52.4 cm³/mol. The molecule has 1 amide bonds. The second-order valence-corrected chi connectivity index (χ2v) is 2.43. The van der Waals surface area contributed by atoms with Crippen LogP contribution < -0.4 is 16.4 Å². The Bertz CT molecular complexity index is 194. The molecule has 0 aromatic carbocycles. The molecule has 0 saturated carbocycles. The Morgan fingerprint density at radius 1 is 1.83 bits per heavy atom. The molecule has 0 aromatic heterocycles. The van der Waals surface area contributed by atoms with Gasteiger partial charge in [0.2, 0.25) is 5.91 Å². The van der Waals surface area contributed by atoms with E-state index in [1.165, 1.54) is 0 Å². The van der Waals surface area contributed by atoms with E-state index in [-0.39, 0.29) is 28.9 Å². The maximum atomic E-state index is 10.6. The number of hydrogen-bond acceptors (Lipinski definition) is 4. The van der Waals surface area contributed by atoms with E-state index in [2.05, 4.69) is 15.6 Å². The molecule has 0 saturated heterocycles. The number of carbonyl (C=O) groups is 1. The quantitative estimate of drug-likeness (QED) is 0.575. The molecule has 1 rings (SSSR count). The lowest BCUT2D eigenvalue weighted by Gasteiger charge is -2.10. The summed E-state index contributed by atoms with van der Waals surface area (Å²) >= 11 is 0. The first kappa shape index (κ1) is 11.2. The minimum atomic E-state index is -0.374. The number of halogens is 1. The van der Waals surface area contributed by atoms with Crippen molar-refractivity contribution in [2.24, 2.45) is 10.7 Å². The molecule has 70 valence electrons. The summed E-state index contributed by atoms with van der Waals surface area (Å²) in [7, 11) is 0. The van der Waals surface area contributed by atoms with Gasteiger partial charge in [-0.3, -0.25) is 9.79 Å². The molecule has 1 atom stereocenters. The first-order chi connectivity index (χ1) is 5.20. The fraction of sp³-hybridized carbons (Fsp3) is 0.667. The molecule has 1 heterocycles. The van der Waals surface area contributed by atoms with Crippen molar-refractivity contribution in [3.05, 3.63) is 0 Å². The summed E-state index contributed by atoms with van der Waals surface area (Å²) in [5, 5.41) is 5.82. The summed E-state index contributed by atoms with van der Waals surface area (Å²) in [6.07, 6.45) is 0. The van der Waals surface area contributed by atoms with Gasteiger partial charge in [0, 0.05) is 6.54 Å². The number of amides is 1. The van der Waals surface area contributed by atoms with Crippen LogP contribution in [0.4, 0.5) is 0 Å². The molecule has 0 aliphatic carbocycles. The molecule has 0 radical (unpaired) electrons. The molecule has 0 fully saturated rings. The van der Waals surface area contributed by atoms with E-state index in [4.69, 9.17) is 5.73 Å². The highest BCUT2D eigenvalue weighted by molar-refractivity contribution is 8.93. The standard InChI is InChI=1S/C6H12N4O.BrH/c1-4(5(7)11)10-6-8-2-3-9-6;/h4H,2-3H2,1H3,(H2,7,11)(H2,8,9,10);1H/t4-;/m1./s1. The number of nitrogens with zero attached hydrogens (tertiary/aromatic N) is 1. The van der Waals surface area contributed by atoms with Gasteiger partial charge in [0.15, 0.2) is 5.96 Å². The van der Waals surface area contributed by atoms with Gasteiger partial charge in [0.05, 0.1) is 6.54 Å². The minimum Gasteiger partial charge on any atom is -0.368 e. The van der Waals surface area contributed by atoms with Gasteiger partial charge in [0.1, 0.15) is 6.04 Å². The van der Waals surface area contributed by atoms with E-state index >= 15 is 0 Å². The van der Waals surface area contributed by atoms with Crippen LogP contribution in [0.3, 0.4) is 0 Å². The Morgan fingerprint density at radius 2 is 2.50 bits per heavy atom. The highest BCUT2D eigenvalue weighted by Gasteiger charge is 2.11. The normalized spacial score (nSPS) is 16.9. The van der Waals surface area contributed by atoms with Crippen molar-refractivity contribution in [1.29, 1.82) is 0 Å². The molecule has 0 bridgehead atoms. The summed E-state index contributed by atoms with van der Waals surface area (Å²) < 4.78 is 0. The highest BCUT2D eigenvalue weighted by Crippen LogP contribution is 1.84. The van der Waals surface area contributed by atoms with Gasteiger partial charge in [-0.15, -0.1) is 17.0 Å². The number of nitrogens with two attached hydrogens (primary N) is 1. The molecule has 1 aliphatic rings. The maximum absolute atomic E-state index is 10.6. The Kier molecular flexibility index (Phi) is 4.65. The van der Waals surface area contributed by atoms with Crippen molar-refractivity contribution in [3.63, 3.8) is 0 Å². The van der Waals surface area contributed by atoms with Crippen LogP contribution >= 0.6 is 17.0 Å². The number of nitrogens with one attached hydrogen (secondary N) is 2. The molecule has 6 heteroatoms. The molecule has 1 aliphatic heterocycles. The van der Waals surface area contributed by atoms with Gasteiger partial charge in [0.25, 0.3) is 0 Å². The Hall–Kier alpha value is -0.780. The van der Waals surface area contributed by atoms with Crippen LogP contribution in [0.5, 0.6) is 0 Å². The molecular weight excluding hydrogens is 224 g/mol. The molecule has 0 spiro atoms. The SMILES string of the molecule is Br.C[C@@H](NC1=NCCN1)C(N)=O. The number of carbonyl (C=O) groups excluding carboxylic acids is 1. The van der Waals surface area contributed by atoms with E-state index in [0.29, 0.717) is 5.96 Å². The summed E-state index contributed by atoms with van der Waals surface area (Å²) in [6.45, 7) is 3.28. The largest absolute Gasteiger partial charge is 0.368 e. The first-order valence-electron chi connectivity index (χ1n) is 3.54. The molecule has 5 nitrogen and oxygen atoms in total. The van der Waals surface area contributed by atoms with Crippen molar-refractivity contribution < 1.29 is 4.79 Å². The van der Waals surface area contributed by atoms with Crippen molar-refractivity contribution in [2.45, 2.75) is 13.0 Å². The monoisotopic (exact) mass is 236 g/mol. The first-order valence-corrected chi connectivity index (χ1v) is 3.54. The van der Waals surface area contributed by atoms with Gasteiger partial charge in [-0.1, -0.05) is 0 Å². The van der Waals surface area contributed by atoms with Crippen LogP contribution in [0.25, 0.3) is 0 Å². The lowest BCUT2D eigenvalue weighted by molar-refractivity contribution is -0.119. The Morgan fingerprint density at radius 3 is 2.92 bits per heavy atom. The van der Waals surface area contributed by atoms with Gasteiger partial charge >= 0.3 is 0 Å². The average molecular weight is 237 g/mol. The summed E-state index contributed by atoms with van der Waals surface area (Å²) in [5.41, 5.74) is 5.03. The average Bonchev–Trinajstić information content (AvgIpc) is 2.39. The zero-order valence-corrected chi connectivity index (χ0v) is 8.55. The van der Waals surface area contributed by atoms with Crippen molar-refractivity contribution in [3.8, 4) is 0 Å². The van der Waals surface area contributed by atoms with Crippen LogP contribution in [0.1, 0.15) is 6.92 Å². The lowest BCUT2D eigenvalue weighted by atomic mass is 10.3. The van der Waals surface area contributed by atoms with Crippen LogP contribution in [-0.4, -0.2) is 31.0 Å². The second kappa shape index (κ2) is 4.97. The smallest absolute Gasteiger partial charge is 0.239 e. The van der Waals surface area contributed by atoms with Gasteiger partial charge in [-0.05, 0) is 6.92 Å². The van der Waals surface area contributed by atoms with Crippen molar-refractivity contribution in [2.75, 3.05) is 13.1 Å². The molecule has 4 N–H and O–H groups in total. The fourth-order valence-electron chi connectivity index (χ4n) is 0.771. The van der Waals surface area contributed by atoms with E-state index in [1.54, 1.807) is 6.92 Å². The lowest BCUT2D eigenvalue weighted by Crippen LogP contribution is -2.46. The third kappa shape index (κ3) is 3.08. The number of hydrogen-bond donors (Lipinski definition) is 3. The number of guanidine groups is 1. The van der Waals surface area contributed by atoms with Crippen molar-refractivity contribution in [1.82, 2.24) is 10.6 Å². The minimum absolute atomic E-state index is 0. The topological polar surface area (TPSA) is 79.5 Å². The van der Waals surface area contributed by atoms with Gasteiger partial charge in [-0.25, -0.2) is 0 Å². The second-order valence-electron chi connectivity index (χ2n) is 2.43. The Balaban J connectivity index is 0.00000121. The van der Waals surface area contributed by atoms with E-state index < -0.39 is 0 Å². The van der Waals surface area contributed by atoms with Crippen molar-refractivity contribution >= 4 is 28.8 Å². The predicted octanol–water partition coefficient (Wildman–Crippen LogP) is -1.01. The zero-order chi connectivity index (χ0) is 8.27. The van der Waals surface area contributed by atoms with Gasteiger partial charge in [-0.2, -0.15) is 0 Å². The number of primary amides is 1. The molecule has 0 aromatic rings. The van der Waals surface area contributed by atoms with E-state index in [9.17, 15) is 4.79 Å². The summed E-state index contributed by atoms with van der Waals surface area (Å²) in [4.78, 5) is 14.6. The van der Waals surface area contributed by atoms with Crippen LogP contribution in [0.2, 0.25) is 0 Å². The molecule has 0 unspecified atom stereocenters. The van der Waals surface area contributed by atoms with Gasteiger partial charge < -0.3 is 16.4 Å². The summed E-state index contributed by atoms with van der Waals surface area (Å²) in [6, 6.07) is -0.362. The fourth-order valence-corrected chi connectivity index (χ4v) is 0.771. The molecule has 12 heavy (non-hydrogen) atoms.